The van der Waals surface area contributed by atoms with Gasteiger partial charge in [-0.1, -0.05) is 17.7 Å². The summed E-state index contributed by atoms with van der Waals surface area (Å²) in [7, 11) is -3.80. The van der Waals surface area contributed by atoms with E-state index in [4.69, 9.17) is 4.74 Å². The van der Waals surface area contributed by atoms with Crippen LogP contribution in [0, 0.1) is 20.8 Å². The van der Waals surface area contributed by atoms with E-state index in [0.717, 1.165) is 16.4 Å². The Balaban J connectivity index is 1.54. The normalized spacial score (nSPS) is 11.3. The topological polar surface area (TPSA) is 92.7 Å². The van der Waals surface area contributed by atoms with Gasteiger partial charge >= 0.3 is 5.97 Å². The van der Waals surface area contributed by atoms with Crippen LogP contribution in [0.2, 0.25) is 0 Å². The molecule has 32 heavy (non-hydrogen) atoms. The first-order valence-electron chi connectivity index (χ1n) is 9.97. The Morgan fingerprint density at radius 3 is 2.16 bits per heavy atom. The number of sulfonamides is 1. The van der Waals surface area contributed by atoms with Gasteiger partial charge in [0.1, 0.15) is 11.5 Å². The Hall–Kier alpha value is -2.81. The van der Waals surface area contributed by atoms with E-state index < -0.39 is 16.0 Å². The van der Waals surface area contributed by atoms with Crippen LogP contribution >= 0.6 is 11.8 Å². The molecule has 3 aromatic rings. The van der Waals surface area contributed by atoms with Gasteiger partial charge in [0.25, 0.3) is 0 Å². The number of rotatable bonds is 9. The Kier molecular flexibility index (Phi) is 7.60. The fraction of sp³-hybridized carbons (Fsp3) is 0.208. The fourth-order valence-corrected chi connectivity index (χ4v) is 5.02. The number of thioether (sulfide) groups is 1. The van der Waals surface area contributed by atoms with Crippen LogP contribution in [0.1, 0.15) is 27.0 Å². The van der Waals surface area contributed by atoms with Crippen molar-refractivity contribution in [2.45, 2.75) is 30.6 Å². The third-order valence-corrected chi connectivity index (χ3v) is 7.38. The van der Waals surface area contributed by atoms with E-state index in [2.05, 4.69) is 4.72 Å². The Morgan fingerprint density at radius 1 is 0.969 bits per heavy atom. The molecule has 0 heterocycles. The lowest BCUT2D eigenvalue weighted by atomic mass is 10.0. The first-order chi connectivity index (χ1) is 15.2. The molecule has 0 unspecified atom stereocenters. The van der Waals surface area contributed by atoms with Crippen molar-refractivity contribution in [3.63, 3.8) is 0 Å². The Bertz CT molecular complexity index is 1200. The van der Waals surface area contributed by atoms with E-state index >= 15 is 0 Å². The number of benzene rings is 3. The van der Waals surface area contributed by atoms with Gasteiger partial charge in [0.15, 0.2) is 0 Å². The first kappa shape index (κ1) is 23.8. The third kappa shape index (κ3) is 6.12. The second-order valence-electron chi connectivity index (χ2n) is 7.35. The lowest BCUT2D eigenvalue weighted by Crippen LogP contribution is -2.26. The van der Waals surface area contributed by atoms with Gasteiger partial charge in [0.05, 0.1) is 10.5 Å². The van der Waals surface area contributed by atoms with E-state index in [9.17, 15) is 18.3 Å². The van der Waals surface area contributed by atoms with Gasteiger partial charge in [-0.05, 0) is 80.4 Å². The third-order valence-electron chi connectivity index (χ3n) is 4.92. The molecule has 0 saturated heterocycles. The van der Waals surface area contributed by atoms with Crippen molar-refractivity contribution in [3.8, 4) is 11.5 Å². The van der Waals surface area contributed by atoms with Crippen molar-refractivity contribution < 1.29 is 23.1 Å². The zero-order chi connectivity index (χ0) is 23.3. The molecule has 0 fully saturated rings. The molecule has 2 N–H and O–H groups in total. The number of carbonyl (C=O) groups is 1. The lowest BCUT2D eigenvalue weighted by Gasteiger charge is -2.11. The van der Waals surface area contributed by atoms with Crippen molar-refractivity contribution in [2.75, 3.05) is 12.3 Å². The van der Waals surface area contributed by atoms with Gasteiger partial charge in [-0.2, -0.15) is 0 Å². The summed E-state index contributed by atoms with van der Waals surface area (Å²) in [5, 5.41) is 9.31. The van der Waals surface area contributed by atoms with Gasteiger partial charge in [-0.25, -0.2) is 17.9 Å². The maximum absolute atomic E-state index is 12.6. The van der Waals surface area contributed by atoms with Crippen LogP contribution in [-0.4, -0.2) is 31.8 Å². The number of hydrogen-bond acceptors (Lipinski definition) is 5. The van der Waals surface area contributed by atoms with Gasteiger partial charge < -0.3 is 9.84 Å². The average Bonchev–Trinajstić information content (AvgIpc) is 2.75. The predicted octanol–water partition coefficient (Wildman–Crippen LogP) is 5.17. The summed E-state index contributed by atoms with van der Waals surface area (Å²) in [4.78, 5) is 12.3. The molecule has 0 aromatic heterocycles. The molecule has 3 rings (SSSR count). The van der Waals surface area contributed by atoms with Crippen LogP contribution in [-0.2, 0) is 10.0 Å². The number of aryl methyl sites for hydroxylation is 2. The van der Waals surface area contributed by atoms with Gasteiger partial charge in [0, 0.05) is 17.2 Å². The molecule has 8 heteroatoms. The molecule has 168 valence electrons. The summed E-state index contributed by atoms with van der Waals surface area (Å²) in [5.41, 5.74) is 2.33. The van der Waals surface area contributed by atoms with Crippen LogP contribution in [0.3, 0.4) is 0 Å². The molecule has 0 radical (unpaired) electrons. The number of carboxylic acids is 1. The molecule has 6 nitrogen and oxygen atoms in total. The molecular formula is C24H25NO5S2. The zero-order valence-corrected chi connectivity index (χ0v) is 19.7. The summed E-state index contributed by atoms with van der Waals surface area (Å²) in [6.07, 6.45) is 0. The number of aromatic carboxylic acids is 1. The molecule has 0 bridgehead atoms. The molecule has 0 atom stereocenters. The second-order valence-corrected chi connectivity index (χ2v) is 10.3. The maximum Gasteiger partial charge on any atom is 0.336 e. The summed E-state index contributed by atoms with van der Waals surface area (Å²) >= 11 is 1.51. The molecular weight excluding hydrogens is 446 g/mol. The quantitative estimate of drug-likeness (QED) is 0.330. The van der Waals surface area contributed by atoms with Crippen LogP contribution in [0.5, 0.6) is 11.5 Å². The minimum absolute atomic E-state index is 0.00676. The smallest absolute Gasteiger partial charge is 0.336 e. The predicted molar refractivity (Wildman–Crippen MR) is 126 cm³/mol. The van der Waals surface area contributed by atoms with Crippen molar-refractivity contribution in [1.82, 2.24) is 4.72 Å². The molecule has 0 aliphatic rings. The molecule has 0 amide bonds. The van der Waals surface area contributed by atoms with E-state index in [1.807, 2.05) is 55.5 Å². The van der Waals surface area contributed by atoms with E-state index in [1.165, 1.54) is 29.5 Å². The van der Waals surface area contributed by atoms with Crippen LogP contribution in [0.4, 0.5) is 0 Å². The van der Waals surface area contributed by atoms with Crippen LogP contribution in [0.25, 0.3) is 0 Å². The lowest BCUT2D eigenvalue weighted by molar-refractivity contribution is 0.0695. The summed E-state index contributed by atoms with van der Waals surface area (Å²) in [6.45, 7) is 5.59. The van der Waals surface area contributed by atoms with E-state index in [0.29, 0.717) is 16.9 Å². The monoisotopic (exact) mass is 471 g/mol. The van der Waals surface area contributed by atoms with E-state index in [-0.39, 0.29) is 17.0 Å². The first-order valence-corrected chi connectivity index (χ1v) is 12.4. The van der Waals surface area contributed by atoms with Crippen molar-refractivity contribution >= 4 is 27.8 Å². The van der Waals surface area contributed by atoms with Crippen molar-refractivity contribution in [1.29, 1.82) is 0 Å². The number of ether oxygens (including phenoxy) is 1. The van der Waals surface area contributed by atoms with Gasteiger partial charge in [0.2, 0.25) is 10.0 Å². The SMILES string of the molecule is Cc1ccc(Oc2ccc(SCCNS(=O)(=O)c3cc(C)c(C)c(C(=O)O)c3)cc2)cc1. The molecule has 0 aliphatic carbocycles. The molecule has 0 aliphatic heterocycles. The van der Waals surface area contributed by atoms with Crippen molar-refractivity contribution in [3.05, 3.63) is 82.9 Å². The minimum Gasteiger partial charge on any atom is -0.478 e. The van der Waals surface area contributed by atoms with Gasteiger partial charge in [-0.15, -0.1) is 11.8 Å². The average molecular weight is 472 g/mol. The zero-order valence-electron chi connectivity index (χ0n) is 18.1. The Morgan fingerprint density at radius 2 is 1.56 bits per heavy atom. The number of nitrogens with one attached hydrogen (secondary N) is 1. The van der Waals surface area contributed by atoms with Crippen LogP contribution in [0.15, 0.2) is 70.5 Å². The highest BCUT2D eigenvalue weighted by Crippen LogP contribution is 2.26. The maximum atomic E-state index is 12.6. The Labute approximate surface area is 192 Å². The number of carboxylic acid groups (broad SMARTS) is 1. The highest BCUT2D eigenvalue weighted by atomic mass is 32.2. The summed E-state index contributed by atoms with van der Waals surface area (Å²) in [5.74, 6) is 0.868. The summed E-state index contributed by atoms with van der Waals surface area (Å²) in [6, 6.07) is 18.1. The minimum atomic E-state index is -3.80. The highest BCUT2D eigenvalue weighted by molar-refractivity contribution is 7.99. The standard InChI is InChI=1S/C24H25NO5S2/c1-16-4-6-19(7-5-16)30-20-8-10-21(11-9-20)31-13-12-25-32(28,29)22-14-17(2)18(3)23(15-22)24(26)27/h4-11,14-15,25H,12-13H2,1-3H3,(H,26,27). The molecule has 0 saturated carbocycles. The fourth-order valence-electron chi connectivity index (χ4n) is 2.98. The highest BCUT2D eigenvalue weighted by Gasteiger charge is 2.19. The van der Waals surface area contributed by atoms with Crippen molar-refractivity contribution in [2.24, 2.45) is 0 Å². The van der Waals surface area contributed by atoms with E-state index in [1.54, 1.807) is 13.8 Å². The molecule has 0 spiro atoms. The largest absolute Gasteiger partial charge is 0.478 e. The molecule has 3 aromatic carbocycles. The summed E-state index contributed by atoms with van der Waals surface area (Å²) < 4.78 is 33.5. The number of hydrogen-bond donors (Lipinski definition) is 2. The van der Waals surface area contributed by atoms with Crippen LogP contribution < -0.4 is 9.46 Å². The second kappa shape index (κ2) is 10.2. The van der Waals surface area contributed by atoms with Gasteiger partial charge in [-0.3, -0.25) is 0 Å².